The molecule has 1 aromatic carbocycles. The van der Waals surface area contributed by atoms with Crippen LogP contribution < -0.4 is 20.1 Å². The van der Waals surface area contributed by atoms with Crippen molar-refractivity contribution in [1.82, 2.24) is 15.3 Å². The van der Waals surface area contributed by atoms with E-state index in [-0.39, 0.29) is 18.6 Å². The summed E-state index contributed by atoms with van der Waals surface area (Å²) in [6.07, 6.45) is 2.56. The summed E-state index contributed by atoms with van der Waals surface area (Å²) in [5, 5.41) is 4.79. The van der Waals surface area contributed by atoms with Gasteiger partial charge in [0.05, 0.1) is 6.54 Å². The average Bonchev–Trinajstić information content (AvgIpc) is 2.60. The smallest absolute Gasteiger partial charge is 0.316 e. The Morgan fingerprint density at radius 2 is 1.83 bits per heavy atom. The number of amides is 2. The van der Waals surface area contributed by atoms with Crippen LogP contribution in [0.5, 0.6) is 11.5 Å². The Balaban J connectivity index is 1.49. The highest BCUT2D eigenvalue weighted by Crippen LogP contribution is 2.30. The fourth-order valence-electron chi connectivity index (χ4n) is 1.97. The van der Waals surface area contributed by atoms with E-state index in [1.165, 1.54) is 12.4 Å². The van der Waals surface area contributed by atoms with E-state index in [4.69, 9.17) is 9.47 Å². The Hall–Kier alpha value is -3.16. The molecule has 0 saturated heterocycles. The van der Waals surface area contributed by atoms with Crippen LogP contribution in [0.2, 0.25) is 0 Å². The van der Waals surface area contributed by atoms with Crippen LogP contribution in [0.4, 0.5) is 5.95 Å². The SMILES string of the molecule is O=C(NCC1COc2ccccc2O1)C(=O)Nc1ncccn1. The number of hydrogen-bond acceptors (Lipinski definition) is 6. The van der Waals surface area contributed by atoms with Crippen molar-refractivity contribution in [2.24, 2.45) is 0 Å². The molecule has 0 spiro atoms. The first kappa shape index (κ1) is 14.8. The number of benzene rings is 1. The molecule has 2 aromatic rings. The molecule has 118 valence electrons. The molecule has 1 atom stereocenters. The highest BCUT2D eigenvalue weighted by molar-refractivity contribution is 6.39. The largest absolute Gasteiger partial charge is 0.486 e. The number of nitrogens with zero attached hydrogens (tertiary/aromatic N) is 2. The number of ether oxygens (including phenoxy) is 2. The van der Waals surface area contributed by atoms with Gasteiger partial charge < -0.3 is 14.8 Å². The first-order chi connectivity index (χ1) is 11.2. The zero-order valence-electron chi connectivity index (χ0n) is 12.1. The van der Waals surface area contributed by atoms with Gasteiger partial charge in [0.25, 0.3) is 0 Å². The molecule has 8 nitrogen and oxygen atoms in total. The molecule has 1 unspecified atom stereocenters. The summed E-state index contributed by atoms with van der Waals surface area (Å²) in [6, 6.07) is 8.87. The minimum absolute atomic E-state index is 0.0684. The number of hydrogen-bond donors (Lipinski definition) is 2. The maximum Gasteiger partial charge on any atom is 0.316 e. The summed E-state index contributed by atoms with van der Waals surface area (Å²) in [7, 11) is 0. The van der Waals surface area contributed by atoms with Gasteiger partial charge in [0, 0.05) is 12.4 Å². The van der Waals surface area contributed by atoms with Gasteiger partial charge in [-0.3, -0.25) is 14.9 Å². The van der Waals surface area contributed by atoms with Crippen molar-refractivity contribution < 1.29 is 19.1 Å². The lowest BCUT2D eigenvalue weighted by atomic mass is 10.2. The summed E-state index contributed by atoms with van der Waals surface area (Å²) in [5.41, 5.74) is 0. The van der Waals surface area contributed by atoms with Crippen LogP contribution in [-0.2, 0) is 9.59 Å². The van der Waals surface area contributed by atoms with Crippen molar-refractivity contribution in [3.63, 3.8) is 0 Å². The summed E-state index contributed by atoms with van der Waals surface area (Å²) in [5.74, 6) is -0.291. The molecule has 2 heterocycles. The lowest BCUT2D eigenvalue weighted by molar-refractivity contribution is -0.136. The van der Waals surface area contributed by atoms with Crippen LogP contribution >= 0.6 is 0 Å². The highest BCUT2D eigenvalue weighted by Gasteiger charge is 2.22. The summed E-state index contributed by atoms with van der Waals surface area (Å²) < 4.78 is 11.2. The number of para-hydroxylation sites is 2. The molecule has 1 aliphatic heterocycles. The van der Waals surface area contributed by atoms with E-state index in [2.05, 4.69) is 20.6 Å². The van der Waals surface area contributed by atoms with Gasteiger partial charge in [0.2, 0.25) is 5.95 Å². The summed E-state index contributed by atoms with van der Waals surface area (Å²) in [6.45, 7) is 0.441. The van der Waals surface area contributed by atoms with Gasteiger partial charge in [0.15, 0.2) is 11.5 Å². The zero-order valence-corrected chi connectivity index (χ0v) is 12.1. The molecule has 23 heavy (non-hydrogen) atoms. The molecule has 1 aliphatic rings. The molecule has 0 aliphatic carbocycles. The molecule has 0 bridgehead atoms. The van der Waals surface area contributed by atoms with Crippen molar-refractivity contribution in [1.29, 1.82) is 0 Å². The van der Waals surface area contributed by atoms with E-state index in [1.54, 1.807) is 18.2 Å². The number of anilines is 1. The van der Waals surface area contributed by atoms with Crippen molar-refractivity contribution in [2.75, 3.05) is 18.5 Å². The van der Waals surface area contributed by atoms with Crippen molar-refractivity contribution >= 4 is 17.8 Å². The van der Waals surface area contributed by atoms with Crippen LogP contribution in [0.25, 0.3) is 0 Å². The lowest BCUT2D eigenvalue weighted by Gasteiger charge is -2.26. The predicted molar refractivity (Wildman–Crippen MR) is 80.0 cm³/mol. The molecule has 1 aromatic heterocycles. The number of carbonyl (C=O) groups is 2. The fourth-order valence-corrected chi connectivity index (χ4v) is 1.97. The second kappa shape index (κ2) is 6.73. The second-order valence-electron chi connectivity index (χ2n) is 4.73. The van der Waals surface area contributed by atoms with Crippen LogP contribution in [0.1, 0.15) is 0 Å². The van der Waals surface area contributed by atoms with Gasteiger partial charge in [0.1, 0.15) is 12.7 Å². The third-order valence-corrected chi connectivity index (χ3v) is 3.06. The third-order valence-electron chi connectivity index (χ3n) is 3.06. The van der Waals surface area contributed by atoms with Crippen molar-refractivity contribution in [3.05, 3.63) is 42.7 Å². The van der Waals surface area contributed by atoms with Gasteiger partial charge in [-0.1, -0.05) is 12.1 Å². The van der Waals surface area contributed by atoms with Gasteiger partial charge >= 0.3 is 11.8 Å². The molecule has 0 saturated carbocycles. The minimum Gasteiger partial charge on any atom is -0.486 e. The molecule has 2 amide bonds. The maximum absolute atomic E-state index is 11.8. The van der Waals surface area contributed by atoms with E-state index in [1.807, 2.05) is 12.1 Å². The quantitative estimate of drug-likeness (QED) is 0.794. The van der Waals surface area contributed by atoms with E-state index in [0.29, 0.717) is 18.1 Å². The van der Waals surface area contributed by atoms with Crippen molar-refractivity contribution in [3.8, 4) is 11.5 Å². The Morgan fingerprint density at radius 3 is 2.61 bits per heavy atom. The number of fused-ring (bicyclic) bond motifs is 1. The van der Waals surface area contributed by atoms with Gasteiger partial charge in [-0.25, -0.2) is 9.97 Å². The molecular formula is C15H14N4O4. The third kappa shape index (κ3) is 3.73. The highest BCUT2D eigenvalue weighted by atomic mass is 16.6. The Kier molecular flexibility index (Phi) is 4.32. The molecule has 2 N–H and O–H groups in total. The maximum atomic E-state index is 11.8. The van der Waals surface area contributed by atoms with Crippen molar-refractivity contribution in [2.45, 2.75) is 6.10 Å². The summed E-state index contributed by atoms with van der Waals surface area (Å²) >= 11 is 0. The van der Waals surface area contributed by atoms with E-state index < -0.39 is 11.8 Å². The number of aromatic nitrogens is 2. The van der Waals surface area contributed by atoms with Crippen LogP contribution in [-0.4, -0.2) is 41.0 Å². The van der Waals surface area contributed by atoms with Crippen LogP contribution in [0, 0.1) is 0 Å². The molecule has 0 radical (unpaired) electrons. The first-order valence-electron chi connectivity index (χ1n) is 6.97. The zero-order chi connectivity index (χ0) is 16.1. The normalized spacial score (nSPS) is 15.6. The van der Waals surface area contributed by atoms with E-state index >= 15 is 0 Å². The van der Waals surface area contributed by atoms with Gasteiger partial charge in [-0.05, 0) is 18.2 Å². The molecule has 8 heteroatoms. The topological polar surface area (TPSA) is 102 Å². The number of rotatable bonds is 3. The summed E-state index contributed by atoms with van der Waals surface area (Å²) in [4.78, 5) is 31.1. The minimum atomic E-state index is -0.840. The first-order valence-corrected chi connectivity index (χ1v) is 6.97. The van der Waals surface area contributed by atoms with Crippen LogP contribution in [0.15, 0.2) is 42.7 Å². The standard InChI is InChI=1S/C15H14N4O4/c20-13(14(21)19-15-16-6-3-7-17-15)18-8-10-9-22-11-4-1-2-5-12(11)23-10/h1-7,10H,8-9H2,(H,18,20)(H,16,17,19,21). The van der Waals surface area contributed by atoms with E-state index in [9.17, 15) is 9.59 Å². The monoisotopic (exact) mass is 314 g/mol. The molecule has 3 rings (SSSR count). The van der Waals surface area contributed by atoms with Crippen LogP contribution in [0.3, 0.4) is 0 Å². The lowest BCUT2D eigenvalue weighted by Crippen LogP contribution is -2.44. The Bertz CT molecular complexity index is 708. The molecular weight excluding hydrogens is 300 g/mol. The molecule has 0 fully saturated rings. The average molecular weight is 314 g/mol. The van der Waals surface area contributed by atoms with Gasteiger partial charge in [-0.15, -0.1) is 0 Å². The fraction of sp³-hybridized carbons (Fsp3) is 0.200. The Labute approximate surface area is 131 Å². The second-order valence-corrected chi connectivity index (χ2v) is 4.73. The Morgan fingerprint density at radius 1 is 1.09 bits per heavy atom. The number of nitrogens with one attached hydrogen (secondary N) is 2. The predicted octanol–water partition coefficient (Wildman–Crippen LogP) is 0.371. The van der Waals surface area contributed by atoms with Gasteiger partial charge in [-0.2, -0.15) is 0 Å². The van der Waals surface area contributed by atoms with E-state index in [0.717, 1.165) is 0 Å². The number of carbonyl (C=O) groups excluding carboxylic acids is 2.